The molecule has 0 atom stereocenters. The van der Waals surface area contributed by atoms with Crippen molar-refractivity contribution in [2.45, 2.75) is 6.42 Å². The quantitative estimate of drug-likeness (QED) is 0.709. The molecule has 1 amide bonds. The zero-order chi connectivity index (χ0) is 14.5. The lowest BCUT2D eigenvalue weighted by atomic mass is 10.3. The van der Waals surface area contributed by atoms with Crippen LogP contribution in [0.15, 0.2) is 18.3 Å². The third-order valence-corrected chi connectivity index (χ3v) is 3.18. The monoisotopic (exact) mass is 286 g/mol. The van der Waals surface area contributed by atoms with Crippen LogP contribution in [-0.4, -0.2) is 50.6 Å². The van der Waals surface area contributed by atoms with E-state index in [9.17, 15) is 13.2 Å². The lowest BCUT2D eigenvalue weighted by Gasteiger charge is -2.11. The van der Waals surface area contributed by atoms with Gasteiger partial charge in [-0.2, -0.15) is 0 Å². The average molecular weight is 286 g/mol. The molecule has 0 bridgehead atoms. The number of aromatic nitrogens is 1. The van der Waals surface area contributed by atoms with Crippen molar-refractivity contribution in [2.24, 2.45) is 5.14 Å². The Morgan fingerprint density at radius 3 is 2.74 bits per heavy atom. The highest BCUT2D eigenvalue weighted by atomic mass is 32.2. The summed E-state index contributed by atoms with van der Waals surface area (Å²) in [5.41, 5.74) is 1.05. The van der Waals surface area contributed by atoms with E-state index in [-0.39, 0.29) is 11.7 Å². The van der Waals surface area contributed by atoms with Crippen LogP contribution in [0, 0.1) is 0 Å². The Morgan fingerprint density at radius 2 is 2.16 bits per heavy atom. The Labute approximate surface area is 112 Å². The van der Waals surface area contributed by atoms with Crippen LogP contribution < -0.4 is 10.5 Å². The molecular weight excluding hydrogens is 268 g/mol. The Kier molecular flexibility index (Phi) is 5.25. The number of primary sulfonamides is 1. The largest absolute Gasteiger partial charge is 0.385 e. The number of anilines is 1. The topological polar surface area (TPSA) is 105 Å². The van der Waals surface area contributed by atoms with Crippen LogP contribution in [0.5, 0.6) is 0 Å². The van der Waals surface area contributed by atoms with Crippen LogP contribution in [0.25, 0.3) is 0 Å². The number of amides is 1. The van der Waals surface area contributed by atoms with Crippen molar-refractivity contribution in [3.8, 4) is 0 Å². The minimum absolute atomic E-state index is 0.0748. The molecule has 0 aromatic carbocycles. The molecule has 106 valence electrons. The SMILES string of the molecule is CN(C)C(=O)c1cc(NCCCS(N)(=O)=O)ccn1. The third kappa shape index (κ3) is 5.66. The van der Waals surface area contributed by atoms with Gasteiger partial charge < -0.3 is 10.2 Å². The first kappa shape index (κ1) is 15.4. The van der Waals surface area contributed by atoms with E-state index in [4.69, 9.17) is 5.14 Å². The Bertz CT molecular complexity index is 543. The molecule has 0 unspecified atom stereocenters. The highest BCUT2D eigenvalue weighted by molar-refractivity contribution is 7.89. The number of nitrogens with two attached hydrogens (primary N) is 1. The van der Waals surface area contributed by atoms with E-state index in [1.54, 1.807) is 26.2 Å². The van der Waals surface area contributed by atoms with Gasteiger partial charge in [-0.1, -0.05) is 0 Å². The molecule has 0 saturated carbocycles. The van der Waals surface area contributed by atoms with Gasteiger partial charge in [0.15, 0.2) is 0 Å². The smallest absolute Gasteiger partial charge is 0.272 e. The van der Waals surface area contributed by atoms with E-state index < -0.39 is 10.0 Å². The summed E-state index contributed by atoms with van der Waals surface area (Å²) in [6.45, 7) is 0.454. The second-order valence-corrected chi connectivity index (χ2v) is 6.01. The zero-order valence-electron chi connectivity index (χ0n) is 11.0. The van der Waals surface area contributed by atoms with Crippen LogP contribution >= 0.6 is 0 Å². The first-order valence-electron chi connectivity index (χ1n) is 5.71. The standard InChI is InChI=1S/C11H18N4O3S/c1-15(2)11(16)10-8-9(4-6-14-10)13-5-3-7-19(12,17)18/h4,6,8H,3,5,7H2,1-2H3,(H,13,14)(H2,12,17,18). The Morgan fingerprint density at radius 1 is 1.47 bits per heavy atom. The summed E-state index contributed by atoms with van der Waals surface area (Å²) >= 11 is 0. The molecule has 1 aromatic rings. The lowest BCUT2D eigenvalue weighted by Crippen LogP contribution is -2.23. The molecule has 0 aliphatic heterocycles. The summed E-state index contributed by atoms with van der Waals surface area (Å²) in [6, 6.07) is 3.34. The van der Waals surface area contributed by atoms with Gasteiger partial charge in [-0.25, -0.2) is 13.6 Å². The van der Waals surface area contributed by atoms with Crippen LogP contribution in [0.2, 0.25) is 0 Å². The van der Waals surface area contributed by atoms with E-state index in [1.165, 1.54) is 11.1 Å². The van der Waals surface area contributed by atoms with Gasteiger partial charge in [0.2, 0.25) is 10.0 Å². The summed E-state index contributed by atoms with van der Waals surface area (Å²) in [5.74, 6) is -0.262. The van der Waals surface area contributed by atoms with Crippen molar-refractivity contribution in [3.05, 3.63) is 24.0 Å². The molecule has 0 radical (unpaired) electrons. The summed E-state index contributed by atoms with van der Waals surface area (Å²) < 4.78 is 21.5. The van der Waals surface area contributed by atoms with Gasteiger partial charge in [-0.05, 0) is 18.6 Å². The summed E-state index contributed by atoms with van der Waals surface area (Å²) in [6.07, 6.45) is 1.93. The first-order chi connectivity index (χ1) is 8.79. The molecule has 0 fully saturated rings. The van der Waals surface area contributed by atoms with Crippen LogP contribution in [0.4, 0.5) is 5.69 Å². The molecule has 19 heavy (non-hydrogen) atoms. The molecule has 1 heterocycles. The highest BCUT2D eigenvalue weighted by Crippen LogP contribution is 2.09. The zero-order valence-corrected chi connectivity index (χ0v) is 11.8. The summed E-state index contributed by atoms with van der Waals surface area (Å²) in [5, 5.41) is 7.92. The van der Waals surface area contributed by atoms with E-state index >= 15 is 0 Å². The molecule has 0 aliphatic carbocycles. The van der Waals surface area contributed by atoms with Gasteiger partial charge in [0.25, 0.3) is 5.91 Å². The minimum Gasteiger partial charge on any atom is -0.385 e. The molecule has 7 nitrogen and oxygen atoms in total. The van der Waals surface area contributed by atoms with E-state index in [2.05, 4.69) is 10.3 Å². The number of sulfonamides is 1. The number of carbonyl (C=O) groups excluding carboxylic acids is 1. The van der Waals surface area contributed by atoms with Crippen molar-refractivity contribution in [3.63, 3.8) is 0 Å². The fourth-order valence-corrected chi connectivity index (χ4v) is 1.94. The summed E-state index contributed by atoms with van der Waals surface area (Å²) in [4.78, 5) is 17.1. The van der Waals surface area contributed by atoms with E-state index in [0.717, 1.165) is 5.69 Å². The molecule has 0 aliphatic rings. The van der Waals surface area contributed by atoms with Gasteiger partial charge in [0.05, 0.1) is 5.75 Å². The average Bonchev–Trinajstić information content (AvgIpc) is 2.33. The van der Waals surface area contributed by atoms with Crippen molar-refractivity contribution < 1.29 is 13.2 Å². The van der Waals surface area contributed by atoms with Gasteiger partial charge >= 0.3 is 0 Å². The molecule has 3 N–H and O–H groups in total. The number of nitrogens with zero attached hydrogens (tertiary/aromatic N) is 2. The highest BCUT2D eigenvalue weighted by Gasteiger charge is 2.09. The van der Waals surface area contributed by atoms with Crippen LogP contribution in [-0.2, 0) is 10.0 Å². The number of hydrogen-bond acceptors (Lipinski definition) is 5. The first-order valence-corrected chi connectivity index (χ1v) is 7.43. The number of pyridine rings is 1. The normalized spacial score (nSPS) is 11.1. The van der Waals surface area contributed by atoms with E-state index in [1.807, 2.05) is 0 Å². The predicted molar refractivity (Wildman–Crippen MR) is 73.3 cm³/mol. The molecule has 0 spiro atoms. The summed E-state index contributed by atoms with van der Waals surface area (Å²) in [7, 11) is -0.126. The Hall–Kier alpha value is -1.67. The van der Waals surface area contributed by atoms with Crippen LogP contribution in [0.3, 0.4) is 0 Å². The van der Waals surface area contributed by atoms with Gasteiger partial charge in [-0.15, -0.1) is 0 Å². The molecule has 1 rings (SSSR count). The number of nitrogens with one attached hydrogen (secondary N) is 1. The maximum absolute atomic E-state index is 11.7. The number of hydrogen-bond donors (Lipinski definition) is 2. The van der Waals surface area contributed by atoms with Crippen molar-refractivity contribution in [1.29, 1.82) is 0 Å². The molecule has 8 heteroatoms. The maximum atomic E-state index is 11.7. The fraction of sp³-hybridized carbons (Fsp3) is 0.455. The third-order valence-electron chi connectivity index (χ3n) is 2.32. The lowest BCUT2D eigenvalue weighted by molar-refractivity contribution is 0.0822. The van der Waals surface area contributed by atoms with Crippen molar-refractivity contribution >= 4 is 21.6 Å². The van der Waals surface area contributed by atoms with Crippen molar-refractivity contribution in [1.82, 2.24) is 9.88 Å². The number of rotatable bonds is 6. The predicted octanol–water partition coefficient (Wildman–Crippen LogP) is -0.126. The second-order valence-electron chi connectivity index (χ2n) is 4.28. The molecular formula is C11H18N4O3S. The van der Waals surface area contributed by atoms with Gasteiger partial charge in [0, 0.05) is 32.5 Å². The molecule has 1 aromatic heterocycles. The van der Waals surface area contributed by atoms with Crippen LogP contribution in [0.1, 0.15) is 16.9 Å². The van der Waals surface area contributed by atoms with E-state index in [0.29, 0.717) is 18.7 Å². The minimum atomic E-state index is -3.42. The van der Waals surface area contributed by atoms with Gasteiger partial charge in [-0.3, -0.25) is 9.78 Å². The fourth-order valence-electron chi connectivity index (χ4n) is 1.39. The second kappa shape index (κ2) is 6.48. The van der Waals surface area contributed by atoms with Gasteiger partial charge in [0.1, 0.15) is 5.69 Å². The number of carbonyl (C=O) groups is 1. The molecule has 0 saturated heterocycles. The Balaban J connectivity index is 2.56. The van der Waals surface area contributed by atoms with Crippen molar-refractivity contribution in [2.75, 3.05) is 31.7 Å². The maximum Gasteiger partial charge on any atom is 0.272 e.